The van der Waals surface area contributed by atoms with Crippen molar-refractivity contribution in [3.8, 4) is 22.8 Å². The molecule has 0 atom stereocenters. The van der Waals surface area contributed by atoms with E-state index in [2.05, 4.69) is 33.9 Å². The summed E-state index contributed by atoms with van der Waals surface area (Å²) in [5.74, 6) is 1.25. The van der Waals surface area contributed by atoms with Crippen LogP contribution in [0, 0.1) is 5.41 Å². The van der Waals surface area contributed by atoms with Crippen molar-refractivity contribution in [1.29, 1.82) is 0 Å². The van der Waals surface area contributed by atoms with Crippen molar-refractivity contribution < 1.29 is 14.2 Å². The third-order valence-electron chi connectivity index (χ3n) is 6.11. The van der Waals surface area contributed by atoms with Gasteiger partial charge in [0.1, 0.15) is 12.4 Å². The summed E-state index contributed by atoms with van der Waals surface area (Å²) < 4.78 is 18.6. The molecule has 1 aliphatic heterocycles. The number of fused-ring (bicyclic) bond motifs is 3. The van der Waals surface area contributed by atoms with Gasteiger partial charge in [-0.05, 0) is 26.2 Å². The molecule has 4 aromatic rings. The molecule has 4 heterocycles. The molecule has 0 radical (unpaired) electrons. The van der Waals surface area contributed by atoms with E-state index in [0.717, 1.165) is 39.6 Å². The summed E-state index contributed by atoms with van der Waals surface area (Å²) in [4.78, 5) is 26.3. The van der Waals surface area contributed by atoms with Crippen LogP contribution in [0.15, 0.2) is 41.5 Å². The van der Waals surface area contributed by atoms with Crippen molar-refractivity contribution in [1.82, 2.24) is 24.4 Å². The number of H-pyrrole nitrogens is 1. The van der Waals surface area contributed by atoms with Crippen LogP contribution in [0.1, 0.15) is 0 Å². The number of ether oxygens (including phenoxy) is 3. The van der Waals surface area contributed by atoms with Crippen molar-refractivity contribution >= 4 is 21.9 Å². The number of hydrogen-bond donors (Lipinski definition) is 1. The molecular formula is C24H27N5O4. The van der Waals surface area contributed by atoms with Gasteiger partial charge in [0.15, 0.2) is 0 Å². The first-order valence-electron chi connectivity index (χ1n) is 10.8. The lowest BCUT2D eigenvalue weighted by atomic mass is 9.86. The Kier molecular flexibility index (Phi) is 5.30. The minimum absolute atomic E-state index is 0.0103. The number of benzene rings is 1. The molecule has 1 aromatic carbocycles. The molecule has 9 nitrogen and oxygen atoms in total. The molecule has 3 aromatic heterocycles. The van der Waals surface area contributed by atoms with Gasteiger partial charge in [-0.25, -0.2) is 9.78 Å². The fourth-order valence-electron chi connectivity index (χ4n) is 4.42. The van der Waals surface area contributed by atoms with E-state index in [4.69, 9.17) is 14.2 Å². The van der Waals surface area contributed by atoms with Gasteiger partial charge in [0, 0.05) is 48.4 Å². The van der Waals surface area contributed by atoms with Gasteiger partial charge in [-0.1, -0.05) is 0 Å². The SMILES string of the molecule is COc1cc2ncc3c([nH]c(=O)n3C)c2cc1-c1ccc(OCC2(CN(C)C)COC2)nc1. The Morgan fingerprint density at radius 2 is 2.03 bits per heavy atom. The summed E-state index contributed by atoms with van der Waals surface area (Å²) in [6, 6.07) is 7.69. The second-order valence-electron chi connectivity index (χ2n) is 8.98. The van der Waals surface area contributed by atoms with Crippen molar-refractivity contribution in [2.45, 2.75) is 0 Å². The average Bonchev–Trinajstić information content (AvgIpc) is 3.08. The molecule has 0 unspecified atom stereocenters. The molecular weight excluding hydrogens is 422 g/mol. The zero-order chi connectivity index (χ0) is 23.2. The standard InChI is InChI=1S/C24H27N5O4/c1-28(2)11-24(12-32-13-24)14-33-21-6-5-15(9-26-21)16-7-17-18(8-20(16)31-4)25-10-19-22(17)27-23(30)29(19)3/h5-10H,11-14H2,1-4H3,(H,27,30). The van der Waals surface area contributed by atoms with E-state index in [0.29, 0.717) is 31.5 Å². The molecule has 33 heavy (non-hydrogen) atoms. The van der Waals surface area contributed by atoms with Crippen LogP contribution in [0.5, 0.6) is 11.6 Å². The number of hydrogen-bond acceptors (Lipinski definition) is 7. The van der Waals surface area contributed by atoms with E-state index in [1.807, 2.05) is 24.3 Å². The zero-order valence-corrected chi connectivity index (χ0v) is 19.2. The number of nitrogens with zero attached hydrogens (tertiary/aromatic N) is 4. The van der Waals surface area contributed by atoms with Gasteiger partial charge in [0.05, 0.1) is 48.5 Å². The minimum Gasteiger partial charge on any atom is -0.496 e. The zero-order valence-electron chi connectivity index (χ0n) is 19.2. The Labute approximate surface area is 190 Å². The van der Waals surface area contributed by atoms with Gasteiger partial charge in [0.25, 0.3) is 0 Å². The number of aromatic amines is 1. The first kappa shape index (κ1) is 21.4. The van der Waals surface area contributed by atoms with Crippen molar-refractivity contribution in [3.63, 3.8) is 0 Å². The number of imidazole rings is 1. The number of methoxy groups -OCH3 is 1. The molecule has 1 aliphatic rings. The molecule has 0 saturated carbocycles. The van der Waals surface area contributed by atoms with Crippen LogP contribution in [0.4, 0.5) is 0 Å². The third kappa shape index (κ3) is 3.83. The first-order chi connectivity index (χ1) is 15.9. The molecule has 0 aliphatic carbocycles. The summed E-state index contributed by atoms with van der Waals surface area (Å²) in [6.07, 6.45) is 3.47. The van der Waals surface area contributed by atoms with E-state index < -0.39 is 0 Å². The maximum absolute atomic E-state index is 12.1. The lowest BCUT2D eigenvalue weighted by Crippen LogP contribution is -2.53. The van der Waals surface area contributed by atoms with E-state index in [9.17, 15) is 4.79 Å². The average molecular weight is 450 g/mol. The van der Waals surface area contributed by atoms with Gasteiger partial charge in [-0.3, -0.25) is 9.55 Å². The van der Waals surface area contributed by atoms with Gasteiger partial charge in [0.2, 0.25) is 5.88 Å². The first-order valence-corrected chi connectivity index (χ1v) is 10.8. The van der Waals surface area contributed by atoms with Crippen LogP contribution in [0.2, 0.25) is 0 Å². The van der Waals surface area contributed by atoms with Crippen LogP contribution < -0.4 is 15.2 Å². The van der Waals surface area contributed by atoms with Crippen LogP contribution >= 0.6 is 0 Å². The molecule has 1 N–H and O–H groups in total. The Bertz CT molecular complexity index is 1370. The lowest BCUT2D eigenvalue weighted by molar-refractivity contribution is -0.140. The quantitative estimate of drug-likeness (QED) is 0.463. The highest BCUT2D eigenvalue weighted by Crippen LogP contribution is 2.36. The maximum atomic E-state index is 12.1. The van der Waals surface area contributed by atoms with Crippen molar-refractivity contribution in [2.75, 3.05) is 47.6 Å². The number of rotatable bonds is 7. The van der Waals surface area contributed by atoms with Gasteiger partial charge in [-0.15, -0.1) is 0 Å². The maximum Gasteiger partial charge on any atom is 0.326 e. The smallest absolute Gasteiger partial charge is 0.326 e. The Hall–Kier alpha value is -3.43. The highest BCUT2D eigenvalue weighted by Gasteiger charge is 2.40. The summed E-state index contributed by atoms with van der Waals surface area (Å²) in [6.45, 7) is 2.86. The molecule has 1 fully saturated rings. The monoisotopic (exact) mass is 449 g/mol. The molecule has 0 bridgehead atoms. The number of aryl methyl sites for hydroxylation is 1. The van der Waals surface area contributed by atoms with Gasteiger partial charge in [-0.2, -0.15) is 0 Å². The van der Waals surface area contributed by atoms with Crippen molar-refractivity contribution in [3.05, 3.63) is 47.1 Å². The van der Waals surface area contributed by atoms with Crippen LogP contribution in [-0.2, 0) is 11.8 Å². The van der Waals surface area contributed by atoms with Crippen LogP contribution in [0.3, 0.4) is 0 Å². The number of pyridine rings is 2. The summed E-state index contributed by atoms with van der Waals surface area (Å²) in [7, 11) is 7.46. The molecule has 5 rings (SSSR count). The number of nitrogens with one attached hydrogen (secondary N) is 1. The second-order valence-corrected chi connectivity index (χ2v) is 8.98. The van der Waals surface area contributed by atoms with E-state index in [-0.39, 0.29) is 11.1 Å². The Morgan fingerprint density at radius 1 is 1.21 bits per heavy atom. The Morgan fingerprint density at radius 3 is 2.67 bits per heavy atom. The van der Waals surface area contributed by atoms with Crippen molar-refractivity contribution in [2.24, 2.45) is 12.5 Å². The van der Waals surface area contributed by atoms with Gasteiger partial charge >= 0.3 is 5.69 Å². The number of aromatic nitrogens is 4. The molecule has 1 saturated heterocycles. The van der Waals surface area contributed by atoms with Crippen LogP contribution in [0.25, 0.3) is 33.1 Å². The Balaban J connectivity index is 1.46. The fraction of sp³-hybridized carbons (Fsp3) is 0.375. The summed E-state index contributed by atoms with van der Waals surface area (Å²) >= 11 is 0. The summed E-state index contributed by atoms with van der Waals surface area (Å²) in [5.41, 5.74) is 3.81. The molecule has 172 valence electrons. The third-order valence-corrected chi connectivity index (χ3v) is 6.11. The summed E-state index contributed by atoms with van der Waals surface area (Å²) in [5, 5.41) is 0.844. The topological polar surface area (TPSA) is 94.5 Å². The van der Waals surface area contributed by atoms with E-state index in [1.165, 1.54) is 0 Å². The predicted molar refractivity (Wildman–Crippen MR) is 126 cm³/mol. The van der Waals surface area contributed by atoms with Crippen LogP contribution in [-0.4, -0.2) is 72.0 Å². The van der Waals surface area contributed by atoms with E-state index in [1.54, 1.807) is 31.1 Å². The molecule has 9 heteroatoms. The fourth-order valence-corrected chi connectivity index (χ4v) is 4.42. The largest absolute Gasteiger partial charge is 0.496 e. The molecule has 0 amide bonds. The normalized spacial score (nSPS) is 15.2. The predicted octanol–water partition coefficient (Wildman–Crippen LogP) is 2.44. The molecule has 0 spiro atoms. The highest BCUT2D eigenvalue weighted by atomic mass is 16.5. The van der Waals surface area contributed by atoms with Gasteiger partial charge < -0.3 is 24.1 Å². The lowest BCUT2D eigenvalue weighted by Gasteiger charge is -2.42. The van der Waals surface area contributed by atoms with E-state index >= 15 is 0 Å². The second kappa shape index (κ2) is 8.17. The highest BCUT2D eigenvalue weighted by molar-refractivity contribution is 6.04. The minimum atomic E-state index is -0.177.